The molecule has 0 aromatic carbocycles. The molecule has 1 aromatic rings. The third-order valence-electron chi connectivity index (χ3n) is 4.48. The molecule has 1 aromatic heterocycles. The number of amides is 2. The lowest BCUT2D eigenvalue weighted by Crippen LogP contribution is -2.40. The highest BCUT2D eigenvalue weighted by Crippen LogP contribution is 2.27. The van der Waals surface area contributed by atoms with Crippen LogP contribution in [0.1, 0.15) is 37.8 Å². The maximum absolute atomic E-state index is 12.3. The van der Waals surface area contributed by atoms with Crippen molar-refractivity contribution in [2.75, 3.05) is 13.1 Å². The van der Waals surface area contributed by atoms with Gasteiger partial charge in [0, 0.05) is 36.9 Å². The van der Waals surface area contributed by atoms with Crippen molar-refractivity contribution >= 4 is 11.8 Å². The molecule has 0 spiro atoms. The molecule has 6 heteroatoms. The van der Waals surface area contributed by atoms with E-state index in [1.165, 1.54) is 12.8 Å². The van der Waals surface area contributed by atoms with Crippen LogP contribution in [0.4, 0.5) is 0 Å². The summed E-state index contributed by atoms with van der Waals surface area (Å²) in [5, 5.41) is 9.62. The molecule has 6 nitrogen and oxygen atoms in total. The normalized spacial score (nSPS) is 22.7. The second-order valence-electron chi connectivity index (χ2n) is 6.08. The summed E-state index contributed by atoms with van der Waals surface area (Å²) in [6, 6.07) is 1.88. The molecular formula is C15H22N4O2. The van der Waals surface area contributed by atoms with Gasteiger partial charge in [0.1, 0.15) is 0 Å². The van der Waals surface area contributed by atoms with Gasteiger partial charge in [-0.05, 0) is 25.3 Å². The standard InChI is InChI=1S/C15H22N4O2/c20-14(9-12-5-7-16-18-12)17-13-6-8-19(10-13)15(21)11-3-1-2-4-11/h5,7,11,13H,1-4,6,8-10H2,(H,16,18)(H,17,20)/t13-/m0/s1. The van der Waals surface area contributed by atoms with Crippen LogP contribution in [-0.4, -0.2) is 46.0 Å². The Hall–Kier alpha value is -1.85. The van der Waals surface area contributed by atoms with E-state index in [1.54, 1.807) is 12.3 Å². The van der Waals surface area contributed by atoms with Gasteiger partial charge in [0.25, 0.3) is 0 Å². The lowest BCUT2D eigenvalue weighted by Gasteiger charge is -2.20. The monoisotopic (exact) mass is 290 g/mol. The number of aromatic nitrogens is 2. The highest BCUT2D eigenvalue weighted by molar-refractivity contribution is 5.80. The summed E-state index contributed by atoms with van der Waals surface area (Å²) in [7, 11) is 0. The molecule has 1 saturated carbocycles. The van der Waals surface area contributed by atoms with Crippen molar-refractivity contribution in [3.05, 3.63) is 18.0 Å². The lowest BCUT2D eigenvalue weighted by molar-refractivity contribution is -0.134. The van der Waals surface area contributed by atoms with E-state index >= 15 is 0 Å². The quantitative estimate of drug-likeness (QED) is 0.863. The van der Waals surface area contributed by atoms with Gasteiger partial charge >= 0.3 is 0 Å². The highest BCUT2D eigenvalue weighted by Gasteiger charge is 2.32. The van der Waals surface area contributed by atoms with Crippen molar-refractivity contribution in [3.63, 3.8) is 0 Å². The van der Waals surface area contributed by atoms with Crippen molar-refractivity contribution in [3.8, 4) is 0 Å². The molecule has 2 aliphatic rings. The lowest BCUT2D eigenvalue weighted by atomic mass is 10.1. The summed E-state index contributed by atoms with van der Waals surface area (Å²) < 4.78 is 0. The molecular weight excluding hydrogens is 268 g/mol. The van der Waals surface area contributed by atoms with E-state index in [1.807, 2.05) is 4.90 Å². The SMILES string of the molecule is O=C(Cc1ccn[nH]1)N[C@H]1CCN(C(=O)C2CCCC2)C1. The number of carbonyl (C=O) groups excluding carboxylic acids is 2. The molecule has 2 amide bonds. The zero-order chi connectivity index (χ0) is 14.7. The number of rotatable bonds is 4. The van der Waals surface area contributed by atoms with Crippen LogP contribution in [0.5, 0.6) is 0 Å². The molecule has 1 aliphatic heterocycles. The Kier molecular flexibility index (Phi) is 4.22. The topological polar surface area (TPSA) is 78.1 Å². The average Bonchev–Trinajstić information content (AvgIpc) is 3.20. The molecule has 1 atom stereocenters. The number of aromatic amines is 1. The van der Waals surface area contributed by atoms with Gasteiger partial charge in [-0.3, -0.25) is 14.7 Å². The molecule has 2 heterocycles. The third-order valence-corrected chi connectivity index (χ3v) is 4.48. The molecule has 0 bridgehead atoms. The minimum atomic E-state index is -0.0144. The maximum Gasteiger partial charge on any atom is 0.226 e. The van der Waals surface area contributed by atoms with Crippen LogP contribution < -0.4 is 5.32 Å². The molecule has 3 rings (SSSR count). The van der Waals surface area contributed by atoms with Gasteiger partial charge in [0.05, 0.1) is 6.42 Å². The van der Waals surface area contributed by atoms with E-state index in [0.717, 1.165) is 31.5 Å². The first-order chi connectivity index (χ1) is 10.2. The number of nitrogens with one attached hydrogen (secondary N) is 2. The minimum absolute atomic E-state index is 0.0144. The Balaban J connectivity index is 1.45. The van der Waals surface area contributed by atoms with Gasteiger partial charge in [-0.2, -0.15) is 5.10 Å². The first kappa shape index (κ1) is 14.1. The van der Waals surface area contributed by atoms with Crippen LogP contribution in [0.25, 0.3) is 0 Å². The van der Waals surface area contributed by atoms with Crippen molar-refractivity contribution < 1.29 is 9.59 Å². The number of nitrogens with zero attached hydrogens (tertiary/aromatic N) is 2. The Bertz CT molecular complexity index is 494. The van der Waals surface area contributed by atoms with Crippen LogP contribution >= 0.6 is 0 Å². The van der Waals surface area contributed by atoms with Gasteiger partial charge in [0.15, 0.2) is 0 Å². The first-order valence-corrected chi connectivity index (χ1v) is 7.79. The predicted molar refractivity (Wildman–Crippen MR) is 77.4 cm³/mol. The molecule has 2 N–H and O–H groups in total. The molecule has 1 saturated heterocycles. The maximum atomic E-state index is 12.3. The van der Waals surface area contributed by atoms with Crippen molar-refractivity contribution in [1.82, 2.24) is 20.4 Å². The van der Waals surface area contributed by atoms with Crippen molar-refractivity contribution in [1.29, 1.82) is 0 Å². The number of likely N-dealkylation sites (tertiary alicyclic amines) is 1. The largest absolute Gasteiger partial charge is 0.351 e. The summed E-state index contributed by atoms with van der Waals surface area (Å²) in [6.07, 6.45) is 7.22. The molecule has 21 heavy (non-hydrogen) atoms. The summed E-state index contributed by atoms with van der Waals surface area (Å²) in [4.78, 5) is 26.2. The highest BCUT2D eigenvalue weighted by atomic mass is 16.2. The van der Waals surface area contributed by atoms with E-state index < -0.39 is 0 Å². The Morgan fingerprint density at radius 2 is 2.14 bits per heavy atom. The average molecular weight is 290 g/mol. The molecule has 1 aliphatic carbocycles. The summed E-state index contributed by atoms with van der Waals surface area (Å²) >= 11 is 0. The van der Waals surface area contributed by atoms with Gasteiger partial charge in [-0.1, -0.05) is 12.8 Å². The van der Waals surface area contributed by atoms with Crippen LogP contribution in [-0.2, 0) is 16.0 Å². The van der Waals surface area contributed by atoms with E-state index in [4.69, 9.17) is 0 Å². The second-order valence-corrected chi connectivity index (χ2v) is 6.08. The number of carbonyl (C=O) groups is 2. The van der Waals surface area contributed by atoms with Crippen LogP contribution in [0.2, 0.25) is 0 Å². The summed E-state index contributed by atoms with van der Waals surface area (Å²) in [5.74, 6) is 0.502. The minimum Gasteiger partial charge on any atom is -0.351 e. The zero-order valence-electron chi connectivity index (χ0n) is 12.2. The van der Waals surface area contributed by atoms with Crippen LogP contribution in [0.3, 0.4) is 0 Å². The Morgan fingerprint density at radius 1 is 1.33 bits per heavy atom. The molecule has 0 radical (unpaired) electrons. The van der Waals surface area contributed by atoms with Crippen LogP contribution in [0, 0.1) is 5.92 Å². The van der Waals surface area contributed by atoms with E-state index in [-0.39, 0.29) is 23.8 Å². The summed E-state index contributed by atoms with van der Waals surface area (Å²) in [5.41, 5.74) is 0.810. The van der Waals surface area contributed by atoms with E-state index in [0.29, 0.717) is 13.0 Å². The van der Waals surface area contributed by atoms with Crippen molar-refractivity contribution in [2.24, 2.45) is 5.92 Å². The third kappa shape index (κ3) is 3.43. The number of H-pyrrole nitrogens is 1. The predicted octanol–water partition coefficient (Wildman–Crippen LogP) is 0.859. The van der Waals surface area contributed by atoms with Gasteiger partial charge in [-0.25, -0.2) is 0 Å². The molecule has 2 fully saturated rings. The smallest absolute Gasteiger partial charge is 0.226 e. The Morgan fingerprint density at radius 3 is 2.86 bits per heavy atom. The first-order valence-electron chi connectivity index (χ1n) is 7.79. The Labute approximate surface area is 124 Å². The van der Waals surface area contributed by atoms with Gasteiger partial charge in [0.2, 0.25) is 11.8 Å². The van der Waals surface area contributed by atoms with E-state index in [9.17, 15) is 9.59 Å². The fourth-order valence-electron chi connectivity index (χ4n) is 3.34. The van der Waals surface area contributed by atoms with Crippen molar-refractivity contribution in [2.45, 2.75) is 44.6 Å². The van der Waals surface area contributed by atoms with Gasteiger partial charge in [-0.15, -0.1) is 0 Å². The zero-order valence-corrected chi connectivity index (χ0v) is 12.2. The number of hydrogen-bond donors (Lipinski definition) is 2. The molecule has 0 unspecified atom stereocenters. The molecule has 114 valence electrons. The van der Waals surface area contributed by atoms with Crippen LogP contribution in [0.15, 0.2) is 12.3 Å². The number of hydrogen-bond acceptors (Lipinski definition) is 3. The van der Waals surface area contributed by atoms with Gasteiger partial charge < -0.3 is 10.2 Å². The summed E-state index contributed by atoms with van der Waals surface area (Å²) in [6.45, 7) is 1.42. The fraction of sp³-hybridized carbons (Fsp3) is 0.667. The fourth-order valence-corrected chi connectivity index (χ4v) is 3.34. The van der Waals surface area contributed by atoms with E-state index in [2.05, 4.69) is 15.5 Å². The second kappa shape index (κ2) is 6.28.